The van der Waals surface area contributed by atoms with Gasteiger partial charge in [-0.2, -0.15) is 0 Å². The average molecular weight is 364 g/mol. The Bertz CT molecular complexity index is 909. The summed E-state index contributed by atoms with van der Waals surface area (Å²) in [6.07, 6.45) is 1.01. The van der Waals surface area contributed by atoms with Gasteiger partial charge in [0.15, 0.2) is 9.84 Å². The Morgan fingerprint density at radius 1 is 1.20 bits per heavy atom. The molecule has 2 aromatic rings. The molecule has 0 aromatic heterocycles. The van der Waals surface area contributed by atoms with Crippen LogP contribution in [0.25, 0.3) is 0 Å². The van der Waals surface area contributed by atoms with Crippen molar-refractivity contribution >= 4 is 21.2 Å². The summed E-state index contributed by atoms with van der Waals surface area (Å²) >= 11 is 0. The van der Waals surface area contributed by atoms with Crippen LogP contribution in [0, 0.1) is 17.0 Å². The van der Waals surface area contributed by atoms with E-state index in [2.05, 4.69) is 5.32 Å². The van der Waals surface area contributed by atoms with Crippen LogP contribution >= 0.6 is 0 Å². The number of anilines is 1. The summed E-state index contributed by atoms with van der Waals surface area (Å²) in [4.78, 5) is 10.7. The Kier molecular flexibility index (Phi) is 5.32. The molecule has 1 atom stereocenters. The predicted octanol–water partition coefficient (Wildman–Crippen LogP) is 3.49. The first-order valence-corrected chi connectivity index (χ1v) is 9.42. The van der Waals surface area contributed by atoms with Crippen LogP contribution in [-0.4, -0.2) is 26.7 Å². The second kappa shape index (κ2) is 7.10. The third-order valence-corrected chi connectivity index (χ3v) is 4.93. The first-order valence-electron chi connectivity index (χ1n) is 7.53. The van der Waals surface area contributed by atoms with Gasteiger partial charge in [-0.15, -0.1) is 0 Å². The van der Waals surface area contributed by atoms with Crippen molar-refractivity contribution in [2.45, 2.75) is 24.8 Å². The molecule has 0 aliphatic rings. The first kappa shape index (κ1) is 18.7. The van der Waals surface area contributed by atoms with Crippen LogP contribution in [-0.2, 0) is 9.84 Å². The molecule has 7 nitrogen and oxygen atoms in total. The molecule has 8 heteroatoms. The molecule has 0 radical (unpaired) electrons. The Morgan fingerprint density at radius 2 is 1.88 bits per heavy atom. The van der Waals surface area contributed by atoms with Gasteiger partial charge >= 0.3 is 0 Å². The highest BCUT2D eigenvalue weighted by Crippen LogP contribution is 2.33. The van der Waals surface area contributed by atoms with Crippen molar-refractivity contribution in [1.82, 2.24) is 0 Å². The van der Waals surface area contributed by atoms with Gasteiger partial charge in [0.1, 0.15) is 11.4 Å². The van der Waals surface area contributed by atoms with Crippen molar-refractivity contribution in [3.63, 3.8) is 0 Å². The van der Waals surface area contributed by atoms with Crippen molar-refractivity contribution < 1.29 is 18.1 Å². The lowest BCUT2D eigenvalue weighted by atomic mass is 10.0. The van der Waals surface area contributed by atoms with E-state index >= 15 is 0 Å². The summed E-state index contributed by atoms with van der Waals surface area (Å²) in [5, 5.41) is 14.4. The van der Waals surface area contributed by atoms with Crippen LogP contribution in [0.4, 0.5) is 11.4 Å². The monoisotopic (exact) mass is 364 g/mol. The number of hydrogen-bond acceptors (Lipinski definition) is 6. The van der Waals surface area contributed by atoms with E-state index in [1.54, 1.807) is 7.11 Å². The molecule has 2 aromatic carbocycles. The van der Waals surface area contributed by atoms with Crippen LogP contribution in [0.5, 0.6) is 5.75 Å². The molecule has 0 fully saturated rings. The number of rotatable bonds is 6. The molecule has 0 saturated heterocycles. The SMILES string of the molecule is COc1ccc(C)cc1[C@H](C)Nc1ccc(S(C)(=O)=O)cc1[N+](=O)[O-]. The second-order valence-corrected chi connectivity index (χ2v) is 7.84. The van der Waals surface area contributed by atoms with E-state index in [1.807, 2.05) is 32.0 Å². The highest BCUT2D eigenvalue weighted by Gasteiger charge is 2.21. The maximum atomic E-state index is 11.6. The minimum Gasteiger partial charge on any atom is -0.496 e. The fraction of sp³-hybridized carbons (Fsp3) is 0.294. The molecule has 0 saturated carbocycles. The number of methoxy groups -OCH3 is 1. The molecule has 0 aliphatic heterocycles. The lowest BCUT2D eigenvalue weighted by Gasteiger charge is -2.19. The van der Waals surface area contributed by atoms with E-state index < -0.39 is 14.8 Å². The van der Waals surface area contributed by atoms with Gasteiger partial charge in [0.25, 0.3) is 5.69 Å². The topological polar surface area (TPSA) is 98.5 Å². The van der Waals surface area contributed by atoms with E-state index in [0.717, 1.165) is 23.4 Å². The van der Waals surface area contributed by atoms with Crippen molar-refractivity contribution in [2.75, 3.05) is 18.7 Å². The highest BCUT2D eigenvalue weighted by molar-refractivity contribution is 7.90. The van der Waals surface area contributed by atoms with Gasteiger partial charge in [-0.05, 0) is 32.0 Å². The largest absolute Gasteiger partial charge is 0.496 e. The van der Waals surface area contributed by atoms with Gasteiger partial charge < -0.3 is 10.1 Å². The van der Waals surface area contributed by atoms with Crippen LogP contribution in [0.2, 0.25) is 0 Å². The summed E-state index contributed by atoms with van der Waals surface area (Å²) in [5.74, 6) is 0.668. The Morgan fingerprint density at radius 3 is 2.44 bits per heavy atom. The lowest BCUT2D eigenvalue weighted by molar-refractivity contribution is -0.384. The number of nitrogens with zero attached hydrogens (tertiary/aromatic N) is 1. The molecule has 1 N–H and O–H groups in total. The summed E-state index contributed by atoms with van der Waals surface area (Å²) in [6, 6.07) is 9.24. The Balaban J connectivity index is 2.43. The van der Waals surface area contributed by atoms with Crippen LogP contribution in [0.15, 0.2) is 41.3 Å². The standard InChI is InChI=1S/C17H20N2O5S/c1-11-5-8-17(24-3)14(9-11)12(2)18-15-7-6-13(25(4,22)23)10-16(15)19(20)21/h5-10,12,18H,1-4H3/t12-/m0/s1. The second-order valence-electron chi connectivity index (χ2n) is 5.82. The zero-order valence-corrected chi connectivity index (χ0v) is 15.3. The number of ether oxygens (including phenoxy) is 1. The number of nitrogens with one attached hydrogen (secondary N) is 1. The number of sulfone groups is 1. The van der Waals surface area contributed by atoms with Gasteiger partial charge in [-0.25, -0.2) is 8.42 Å². The summed E-state index contributed by atoms with van der Waals surface area (Å²) in [6.45, 7) is 3.80. The average Bonchev–Trinajstić information content (AvgIpc) is 2.53. The maximum absolute atomic E-state index is 11.6. The van der Waals surface area contributed by atoms with Gasteiger partial charge in [0.05, 0.1) is 23.0 Å². The van der Waals surface area contributed by atoms with Crippen LogP contribution in [0.1, 0.15) is 24.1 Å². The van der Waals surface area contributed by atoms with E-state index in [9.17, 15) is 18.5 Å². The molecular weight excluding hydrogens is 344 g/mol. The number of hydrogen-bond donors (Lipinski definition) is 1. The van der Waals surface area contributed by atoms with Crippen molar-refractivity contribution in [3.05, 3.63) is 57.6 Å². The summed E-state index contributed by atoms with van der Waals surface area (Å²) in [5.41, 5.74) is 1.84. The van der Waals surface area contributed by atoms with Crippen LogP contribution in [0.3, 0.4) is 0 Å². The quantitative estimate of drug-likeness (QED) is 0.622. The Labute approximate surface area is 146 Å². The predicted molar refractivity (Wildman–Crippen MR) is 96.0 cm³/mol. The molecular formula is C17H20N2O5S. The van der Waals surface area contributed by atoms with E-state index in [-0.39, 0.29) is 22.3 Å². The number of nitro groups is 1. The van der Waals surface area contributed by atoms with Gasteiger partial charge in [-0.1, -0.05) is 17.7 Å². The van der Waals surface area contributed by atoms with Crippen LogP contribution < -0.4 is 10.1 Å². The molecule has 0 bridgehead atoms. The fourth-order valence-corrected chi connectivity index (χ4v) is 3.16. The van der Waals surface area contributed by atoms with E-state index in [0.29, 0.717) is 5.75 Å². The van der Waals surface area contributed by atoms with Gasteiger partial charge in [0.2, 0.25) is 0 Å². The zero-order chi connectivity index (χ0) is 18.8. The summed E-state index contributed by atoms with van der Waals surface area (Å²) in [7, 11) is -1.96. The molecule has 0 heterocycles. The first-order chi connectivity index (χ1) is 11.6. The third-order valence-electron chi connectivity index (χ3n) is 3.82. The molecule has 134 valence electrons. The smallest absolute Gasteiger partial charge is 0.293 e. The Hall–Kier alpha value is -2.61. The summed E-state index contributed by atoms with van der Waals surface area (Å²) < 4.78 is 28.6. The van der Waals surface area contributed by atoms with E-state index in [1.165, 1.54) is 12.1 Å². The fourth-order valence-electron chi connectivity index (χ4n) is 2.52. The highest BCUT2D eigenvalue weighted by atomic mass is 32.2. The van der Waals surface area contributed by atoms with Crippen molar-refractivity contribution in [2.24, 2.45) is 0 Å². The third kappa shape index (κ3) is 4.27. The maximum Gasteiger partial charge on any atom is 0.293 e. The zero-order valence-electron chi connectivity index (χ0n) is 14.4. The van der Waals surface area contributed by atoms with E-state index in [4.69, 9.17) is 4.74 Å². The molecule has 0 unspecified atom stereocenters. The van der Waals surface area contributed by atoms with Crippen molar-refractivity contribution in [1.29, 1.82) is 0 Å². The normalized spacial score (nSPS) is 12.5. The van der Waals surface area contributed by atoms with Gasteiger partial charge in [-0.3, -0.25) is 10.1 Å². The molecule has 2 rings (SSSR count). The van der Waals surface area contributed by atoms with Gasteiger partial charge in [0, 0.05) is 17.9 Å². The molecule has 0 spiro atoms. The van der Waals surface area contributed by atoms with Crippen molar-refractivity contribution in [3.8, 4) is 5.75 Å². The minimum absolute atomic E-state index is 0.0921. The number of nitro benzene ring substituents is 1. The number of benzene rings is 2. The minimum atomic E-state index is -3.52. The molecule has 0 amide bonds. The molecule has 25 heavy (non-hydrogen) atoms. The number of aryl methyl sites for hydroxylation is 1. The molecule has 0 aliphatic carbocycles. The lowest BCUT2D eigenvalue weighted by Crippen LogP contribution is -2.10.